The predicted octanol–water partition coefficient (Wildman–Crippen LogP) is 2.74. The summed E-state index contributed by atoms with van der Waals surface area (Å²) in [5.41, 5.74) is 1.46. The molecule has 0 aliphatic rings. The molecule has 0 bridgehead atoms. The van der Waals surface area contributed by atoms with E-state index < -0.39 is 16.1 Å². The van der Waals surface area contributed by atoms with E-state index in [2.05, 4.69) is 0 Å². The lowest BCUT2D eigenvalue weighted by atomic mass is 10.1. The Bertz CT molecular complexity index is 714. The molecule has 0 unspecified atom stereocenters. The van der Waals surface area contributed by atoms with Crippen LogP contribution in [-0.4, -0.2) is 30.5 Å². The Morgan fingerprint density at radius 2 is 1.41 bits per heavy atom. The molecule has 0 aliphatic heterocycles. The van der Waals surface area contributed by atoms with Crippen LogP contribution in [0.1, 0.15) is 11.1 Å². The van der Waals surface area contributed by atoms with Crippen molar-refractivity contribution in [3.8, 4) is 0 Å². The highest BCUT2D eigenvalue weighted by molar-refractivity contribution is 7.88. The zero-order valence-electron chi connectivity index (χ0n) is 11.9. The van der Waals surface area contributed by atoms with Crippen molar-refractivity contribution in [3.05, 3.63) is 71.8 Å². The molecule has 0 aromatic heterocycles. The minimum Gasteiger partial charge on any atom is -0.464 e. The fourth-order valence-electron chi connectivity index (χ4n) is 2.09. The van der Waals surface area contributed by atoms with E-state index in [1.165, 1.54) is 0 Å². The average molecular weight is 319 g/mol. The first-order chi connectivity index (χ1) is 10.5. The zero-order chi connectivity index (χ0) is 16.0. The van der Waals surface area contributed by atoms with Crippen molar-refractivity contribution >= 4 is 16.1 Å². The van der Waals surface area contributed by atoms with Crippen LogP contribution in [-0.2, 0) is 22.2 Å². The lowest BCUT2D eigenvalue weighted by molar-refractivity contribution is 0.172. The van der Waals surface area contributed by atoms with E-state index in [9.17, 15) is 18.3 Å². The summed E-state index contributed by atoms with van der Waals surface area (Å²) in [7, 11) is -3.91. The third kappa shape index (κ3) is 4.33. The third-order valence-corrected chi connectivity index (χ3v) is 4.90. The maximum absolute atomic E-state index is 12.3. The average Bonchev–Trinajstić information content (AvgIpc) is 2.48. The van der Waals surface area contributed by atoms with E-state index in [0.29, 0.717) is 16.3 Å². The van der Waals surface area contributed by atoms with Crippen LogP contribution in [0.25, 0.3) is 0 Å². The van der Waals surface area contributed by atoms with Crippen LogP contribution in [0.2, 0.25) is 0 Å². The van der Waals surface area contributed by atoms with Crippen LogP contribution >= 0.6 is 0 Å². The smallest absolute Gasteiger partial charge is 0.421 e. The van der Waals surface area contributed by atoms with Crippen LogP contribution in [0.15, 0.2) is 60.7 Å². The Balaban J connectivity index is 2.11. The highest BCUT2D eigenvalue weighted by Gasteiger charge is 2.26. The Kier molecular flexibility index (Phi) is 5.16. The van der Waals surface area contributed by atoms with Crippen LogP contribution in [0, 0.1) is 0 Å². The number of hydrogen-bond donors (Lipinski definition) is 1. The van der Waals surface area contributed by atoms with Gasteiger partial charge < -0.3 is 5.11 Å². The molecular formula is C16H17NO4S. The van der Waals surface area contributed by atoms with Gasteiger partial charge in [0.1, 0.15) is 0 Å². The van der Waals surface area contributed by atoms with Gasteiger partial charge in [-0.25, -0.2) is 17.5 Å². The number of carboxylic acid groups (broad SMARTS) is 1. The molecule has 22 heavy (non-hydrogen) atoms. The SMILES string of the molecule is O=C(O)N(CCc1ccccc1)S(=O)(=O)Cc1ccccc1. The fraction of sp³-hybridized carbons (Fsp3) is 0.188. The molecule has 6 heteroatoms. The molecule has 2 aromatic carbocycles. The van der Waals surface area contributed by atoms with Gasteiger partial charge in [0.05, 0.1) is 5.75 Å². The lowest BCUT2D eigenvalue weighted by Crippen LogP contribution is -2.38. The van der Waals surface area contributed by atoms with Gasteiger partial charge in [0, 0.05) is 6.54 Å². The third-order valence-electron chi connectivity index (χ3n) is 3.19. The predicted molar refractivity (Wildman–Crippen MR) is 83.9 cm³/mol. The summed E-state index contributed by atoms with van der Waals surface area (Å²) in [6.45, 7) is -0.0888. The molecule has 116 valence electrons. The van der Waals surface area contributed by atoms with Gasteiger partial charge in [-0.3, -0.25) is 0 Å². The summed E-state index contributed by atoms with van der Waals surface area (Å²) < 4.78 is 25.1. The molecule has 0 spiro atoms. The van der Waals surface area contributed by atoms with Crippen LogP contribution in [0.4, 0.5) is 4.79 Å². The van der Waals surface area contributed by atoms with Gasteiger partial charge in [0.25, 0.3) is 0 Å². The van der Waals surface area contributed by atoms with E-state index >= 15 is 0 Å². The van der Waals surface area contributed by atoms with E-state index in [0.717, 1.165) is 5.56 Å². The van der Waals surface area contributed by atoms with E-state index in [-0.39, 0.29) is 12.3 Å². The van der Waals surface area contributed by atoms with Gasteiger partial charge in [-0.05, 0) is 17.5 Å². The van der Waals surface area contributed by atoms with Gasteiger partial charge >= 0.3 is 6.09 Å². The second-order valence-corrected chi connectivity index (χ2v) is 6.73. The maximum atomic E-state index is 12.3. The van der Waals surface area contributed by atoms with Crippen molar-refractivity contribution in [3.63, 3.8) is 0 Å². The fourth-order valence-corrected chi connectivity index (χ4v) is 3.47. The normalized spacial score (nSPS) is 11.1. The molecule has 0 saturated carbocycles. The monoisotopic (exact) mass is 319 g/mol. The standard InChI is InChI=1S/C16H17NO4S/c18-16(19)17(12-11-14-7-3-1-4-8-14)22(20,21)13-15-9-5-2-6-10-15/h1-10H,11-13H2,(H,18,19). The molecule has 0 aliphatic carbocycles. The number of hydrogen-bond acceptors (Lipinski definition) is 3. The van der Waals surface area contributed by atoms with Crippen LogP contribution < -0.4 is 0 Å². The molecule has 1 N–H and O–H groups in total. The highest BCUT2D eigenvalue weighted by atomic mass is 32.2. The first-order valence-corrected chi connectivity index (χ1v) is 8.41. The molecule has 5 nitrogen and oxygen atoms in total. The van der Waals surface area contributed by atoms with Gasteiger partial charge in [0.2, 0.25) is 10.0 Å². The van der Waals surface area contributed by atoms with Crippen molar-refractivity contribution in [2.45, 2.75) is 12.2 Å². The minimum absolute atomic E-state index is 0.0888. The summed E-state index contributed by atoms with van der Waals surface area (Å²) in [4.78, 5) is 11.3. The number of carbonyl (C=O) groups is 1. The first kappa shape index (κ1) is 16.0. The molecule has 0 fully saturated rings. The van der Waals surface area contributed by atoms with E-state index in [1.54, 1.807) is 30.3 Å². The van der Waals surface area contributed by atoms with Crippen molar-refractivity contribution in [1.29, 1.82) is 0 Å². The maximum Gasteiger partial charge on any atom is 0.421 e. The molecule has 0 heterocycles. The second kappa shape index (κ2) is 7.09. The minimum atomic E-state index is -3.91. The van der Waals surface area contributed by atoms with Crippen molar-refractivity contribution < 1.29 is 18.3 Å². The van der Waals surface area contributed by atoms with Crippen molar-refractivity contribution in [1.82, 2.24) is 4.31 Å². The number of amides is 1. The Morgan fingerprint density at radius 3 is 1.91 bits per heavy atom. The number of benzene rings is 2. The summed E-state index contributed by atoms with van der Waals surface area (Å²) in [6, 6.07) is 17.7. The summed E-state index contributed by atoms with van der Waals surface area (Å²) in [5.74, 6) is -0.324. The van der Waals surface area contributed by atoms with Gasteiger partial charge in [-0.15, -0.1) is 0 Å². The van der Waals surface area contributed by atoms with Crippen molar-refractivity contribution in [2.24, 2.45) is 0 Å². The molecule has 0 saturated heterocycles. The Labute approximate surface area is 129 Å². The molecule has 0 atom stereocenters. The molecule has 2 aromatic rings. The summed E-state index contributed by atoms with van der Waals surface area (Å²) >= 11 is 0. The second-order valence-electron chi connectivity index (χ2n) is 4.83. The largest absolute Gasteiger partial charge is 0.464 e. The topological polar surface area (TPSA) is 74.7 Å². The van der Waals surface area contributed by atoms with Crippen LogP contribution in [0.3, 0.4) is 0 Å². The Morgan fingerprint density at radius 1 is 0.909 bits per heavy atom. The van der Waals surface area contributed by atoms with Gasteiger partial charge in [-0.1, -0.05) is 60.7 Å². The zero-order valence-corrected chi connectivity index (χ0v) is 12.7. The molecule has 0 radical (unpaired) electrons. The van der Waals surface area contributed by atoms with Gasteiger partial charge in [0.15, 0.2) is 0 Å². The molecule has 1 amide bonds. The summed E-state index contributed by atoms with van der Waals surface area (Å²) in [6.07, 6.45) is -1.10. The Hall–Kier alpha value is -2.34. The van der Waals surface area contributed by atoms with E-state index in [1.807, 2.05) is 30.3 Å². The number of nitrogens with zero attached hydrogens (tertiary/aromatic N) is 1. The van der Waals surface area contributed by atoms with Crippen molar-refractivity contribution in [2.75, 3.05) is 6.54 Å². The van der Waals surface area contributed by atoms with Gasteiger partial charge in [-0.2, -0.15) is 0 Å². The first-order valence-electron chi connectivity index (χ1n) is 6.80. The molecule has 2 rings (SSSR count). The lowest BCUT2D eigenvalue weighted by Gasteiger charge is -2.19. The van der Waals surface area contributed by atoms with E-state index in [4.69, 9.17) is 0 Å². The quantitative estimate of drug-likeness (QED) is 0.888. The van der Waals surface area contributed by atoms with Crippen LogP contribution in [0.5, 0.6) is 0 Å². The summed E-state index contributed by atoms with van der Waals surface area (Å²) in [5, 5.41) is 9.21. The molecular weight excluding hydrogens is 302 g/mol. The highest BCUT2D eigenvalue weighted by Crippen LogP contribution is 2.12. The number of rotatable bonds is 6. The number of sulfonamides is 1.